The monoisotopic (exact) mass is 102 g/mol. The van der Waals surface area contributed by atoms with Crippen molar-refractivity contribution in [1.29, 1.82) is 0 Å². The predicted octanol–water partition coefficient (Wildman–Crippen LogP) is 1.34. The van der Waals surface area contributed by atoms with E-state index < -0.39 is 0 Å². The second-order valence-corrected chi connectivity index (χ2v) is 0. The molecular weight excluding hydrogens is 94.4 g/mol. The first-order chi connectivity index (χ1) is 1.00. The Morgan fingerprint density at radius 1 is 1.00 bits per heavy atom. The molecule has 0 heterocycles. The van der Waals surface area contributed by atoms with E-state index in [4.69, 9.17) is 0 Å². The van der Waals surface area contributed by atoms with Gasteiger partial charge < -0.3 is 12.3 Å². The molecule has 0 radical (unpaired) electrons. The van der Waals surface area contributed by atoms with Crippen molar-refractivity contribution in [1.82, 2.24) is 12.3 Å². The SMILES string of the molecule is N.N.PCl. The molecule has 0 aliphatic heterocycles. The van der Waals surface area contributed by atoms with Crippen LogP contribution in [0, 0.1) is 0 Å². The Hall–Kier alpha value is 0.640. The highest BCUT2D eigenvalue weighted by atomic mass is 35.7. The zero-order chi connectivity index (χ0) is 2.00. The summed E-state index contributed by atoms with van der Waals surface area (Å²) < 4.78 is 0. The van der Waals surface area contributed by atoms with E-state index >= 15 is 0 Å². The van der Waals surface area contributed by atoms with Crippen molar-refractivity contribution in [2.75, 3.05) is 0 Å². The molecule has 0 rings (SSSR count). The zero-order valence-electron chi connectivity index (χ0n) is 2.37. The van der Waals surface area contributed by atoms with Gasteiger partial charge in [-0.1, -0.05) is 0 Å². The van der Waals surface area contributed by atoms with E-state index in [1.165, 1.54) is 0 Å². The summed E-state index contributed by atoms with van der Waals surface area (Å²) in [6, 6.07) is 0. The lowest BCUT2D eigenvalue weighted by molar-refractivity contribution is 2.13. The molecule has 0 aliphatic carbocycles. The first-order valence-electron chi connectivity index (χ1n) is 0.218. The third-order valence-electron chi connectivity index (χ3n) is 0. The van der Waals surface area contributed by atoms with Gasteiger partial charge in [0.1, 0.15) is 0 Å². The molecule has 2 nitrogen and oxygen atoms in total. The number of halogens is 1. The number of hydrogen-bond donors (Lipinski definition) is 2. The first-order valence-corrected chi connectivity index (χ1v) is 1.96. The van der Waals surface area contributed by atoms with Crippen LogP contribution in [-0.2, 0) is 0 Å². The van der Waals surface area contributed by atoms with Crippen molar-refractivity contribution in [2.24, 2.45) is 0 Å². The third kappa shape index (κ3) is 17.3. The summed E-state index contributed by atoms with van der Waals surface area (Å²) in [6.45, 7) is 0. The van der Waals surface area contributed by atoms with Crippen LogP contribution in [0.15, 0.2) is 0 Å². The van der Waals surface area contributed by atoms with Gasteiger partial charge in [0.2, 0.25) is 0 Å². The zero-order valence-corrected chi connectivity index (χ0v) is 4.28. The molecule has 0 aromatic rings. The topological polar surface area (TPSA) is 70.0 Å². The lowest BCUT2D eigenvalue weighted by Crippen LogP contribution is -0.482. The predicted molar refractivity (Wildman–Crippen MR) is 25.6 cm³/mol. The van der Waals surface area contributed by atoms with Crippen LogP contribution in [0.1, 0.15) is 0 Å². The molecule has 0 amide bonds. The van der Waals surface area contributed by atoms with Crippen molar-refractivity contribution >= 4 is 19.8 Å². The van der Waals surface area contributed by atoms with E-state index in [2.05, 4.69) is 11.2 Å². The van der Waals surface area contributed by atoms with E-state index in [0.717, 1.165) is 0 Å². The Morgan fingerprint density at radius 3 is 1.00 bits per heavy atom. The van der Waals surface area contributed by atoms with Crippen molar-refractivity contribution < 1.29 is 0 Å². The molecule has 1 atom stereocenters. The van der Waals surface area contributed by atoms with Crippen molar-refractivity contribution in [2.45, 2.75) is 0 Å². The van der Waals surface area contributed by atoms with Gasteiger partial charge >= 0.3 is 0 Å². The molecule has 6 N–H and O–H groups in total. The van der Waals surface area contributed by atoms with E-state index in [1.54, 1.807) is 0 Å². The van der Waals surface area contributed by atoms with Gasteiger partial charge in [-0.2, -0.15) is 0 Å². The Balaban J connectivity index is -0.00000000500. The standard InChI is InChI=1S/ClH2P.2H3N/c1-2;;/h2H2;2*1H3. The Morgan fingerprint density at radius 2 is 1.00 bits per heavy atom. The molecule has 4 heteroatoms. The van der Waals surface area contributed by atoms with Gasteiger partial charge in [0.05, 0.1) is 0 Å². The highest BCUT2D eigenvalue weighted by Crippen LogP contribution is 1.78. The van der Waals surface area contributed by atoms with E-state index in [-0.39, 0.29) is 12.3 Å². The van der Waals surface area contributed by atoms with Gasteiger partial charge in [-0.3, -0.25) is 0 Å². The fraction of sp³-hybridized carbons (Fsp3) is 0. The lowest BCUT2D eigenvalue weighted by Gasteiger charge is -1.07. The average molecular weight is 103 g/mol. The maximum absolute atomic E-state index is 4.56. The van der Waals surface area contributed by atoms with E-state index in [1.807, 2.05) is 8.59 Å². The van der Waals surface area contributed by atoms with Crippen molar-refractivity contribution in [3.63, 3.8) is 0 Å². The molecule has 0 aromatic carbocycles. The first kappa shape index (κ1) is 22.9. The molecule has 0 saturated carbocycles. The summed E-state index contributed by atoms with van der Waals surface area (Å²) in [5.41, 5.74) is 0. The summed E-state index contributed by atoms with van der Waals surface area (Å²) >= 11 is 4.56. The second-order valence-electron chi connectivity index (χ2n) is 0. The van der Waals surface area contributed by atoms with Crippen LogP contribution in [0.2, 0.25) is 0 Å². The van der Waals surface area contributed by atoms with Gasteiger partial charge in [0.25, 0.3) is 0 Å². The molecule has 4 heavy (non-hydrogen) atoms. The minimum absolute atomic E-state index is 0. The highest BCUT2D eigenvalue weighted by Gasteiger charge is 0.929. The molecule has 0 fully saturated rings. The molecule has 0 aromatic heterocycles. The fourth-order valence-electron chi connectivity index (χ4n) is 0. The van der Waals surface area contributed by atoms with Crippen LogP contribution in [0.3, 0.4) is 0 Å². The van der Waals surface area contributed by atoms with Crippen LogP contribution in [0.5, 0.6) is 0 Å². The molecule has 1 unspecified atom stereocenters. The quantitative estimate of drug-likeness (QED) is 0.453. The molecule has 30 valence electrons. The van der Waals surface area contributed by atoms with Crippen LogP contribution in [0.25, 0.3) is 0 Å². The summed E-state index contributed by atoms with van der Waals surface area (Å²) in [5.74, 6) is 0. The van der Waals surface area contributed by atoms with Crippen LogP contribution in [0.4, 0.5) is 0 Å². The van der Waals surface area contributed by atoms with E-state index in [9.17, 15) is 0 Å². The minimum atomic E-state index is 0. The Bertz CT molecular complexity index is 6.00. The summed E-state index contributed by atoms with van der Waals surface area (Å²) in [4.78, 5) is 0. The number of hydrogen-bond acceptors (Lipinski definition) is 2. The summed E-state index contributed by atoms with van der Waals surface area (Å²) in [7, 11) is 1.89. The molecular formula is H8ClN2P. The largest absolute Gasteiger partial charge is 0.344 e. The van der Waals surface area contributed by atoms with E-state index in [0.29, 0.717) is 0 Å². The number of rotatable bonds is 0. The van der Waals surface area contributed by atoms with Gasteiger partial charge in [-0.25, -0.2) is 0 Å². The minimum Gasteiger partial charge on any atom is -0.344 e. The normalized spacial score (nSPS) is 1.50. The van der Waals surface area contributed by atoms with Crippen LogP contribution in [-0.4, -0.2) is 0 Å². The molecule has 0 saturated heterocycles. The Labute approximate surface area is 33.1 Å². The third-order valence-corrected chi connectivity index (χ3v) is 0. The summed E-state index contributed by atoms with van der Waals surface area (Å²) in [6.07, 6.45) is 0. The van der Waals surface area contributed by atoms with Crippen molar-refractivity contribution in [3.8, 4) is 0 Å². The molecule has 0 bridgehead atoms. The summed E-state index contributed by atoms with van der Waals surface area (Å²) in [5, 5.41) is 0. The Kier molecular flexibility index (Phi) is 354. The van der Waals surface area contributed by atoms with Gasteiger partial charge in [0.15, 0.2) is 0 Å². The lowest BCUT2D eigenvalue weighted by atomic mass is 14.0. The maximum atomic E-state index is 4.56. The fourth-order valence-corrected chi connectivity index (χ4v) is 0. The van der Waals surface area contributed by atoms with Gasteiger partial charge in [-0.05, 0) is 8.59 Å². The van der Waals surface area contributed by atoms with Crippen molar-refractivity contribution in [3.05, 3.63) is 0 Å². The maximum Gasteiger partial charge on any atom is -0.0393 e. The average Bonchev–Trinajstić information content (AvgIpc) is 1.00. The molecule has 0 aliphatic rings. The van der Waals surface area contributed by atoms with Gasteiger partial charge in [-0.15, -0.1) is 11.2 Å². The van der Waals surface area contributed by atoms with Crippen LogP contribution >= 0.6 is 19.8 Å². The second kappa shape index (κ2) is 61.9. The van der Waals surface area contributed by atoms with Crippen LogP contribution < -0.4 is 12.3 Å². The smallest absolute Gasteiger partial charge is 0.0393 e. The highest BCUT2D eigenvalue weighted by molar-refractivity contribution is 7.52. The van der Waals surface area contributed by atoms with Gasteiger partial charge in [0, 0.05) is 0 Å². The molecule has 0 spiro atoms.